The zero-order valence-electron chi connectivity index (χ0n) is 10.4. The lowest BCUT2D eigenvalue weighted by atomic mass is 9.94. The lowest BCUT2D eigenvalue weighted by molar-refractivity contribution is 0.0905. The molecule has 0 fully saturated rings. The number of methoxy groups -OCH3 is 1. The van der Waals surface area contributed by atoms with Crippen molar-refractivity contribution in [3.8, 4) is 0 Å². The molecule has 0 aliphatic heterocycles. The molecule has 0 radical (unpaired) electrons. The van der Waals surface area contributed by atoms with Crippen molar-refractivity contribution >= 4 is 5.78 Å². The van der Waals surface area contributed by atoms with Crippen molar-refractivity contribution in [2.24, 2.45) is 11.7 Å². The summed E-state index contributed by atoms with van der Waals surface area (Å²) in [5.74, 6) is 0.134. The van der Waals surface area contributed by atoms with Crippen molar-refractivity contribution in [2.45, 2.75) is 25.8 Å². The largest absolute Gasteiger partial charge is 0.385 e. The van der Waals surface area contributed by atoms with Crippen LogP contribution in [0.5, 0.6) is 0 Å². The monoisotopic (exact) mass is 233 g/mol. The van der Waals surface area contributed by atoms with Crippen LogP contribution >= 0.6 is 0 Å². The lowest BCUT2D eigenvalue weighted by Crippen LogP contribution is -2.34. The summed E-state index contributed by atoms with van der Waals surface area (Å²) in [5, 5.41) is 0. The maximum Gasteiger partial charge on any atom is 0.168 e. The highest BCUT2D eigenvalue weighted by atomic mass is 16.5. The first-order chi connectivity index (χ1) is 8.13. The summed E-state index contributed by atoms with van der Waals surface area (Å²) in [6, 6.07) is 5.97. The molecule has 3 heteroatoms. The standard InChI is InChI=1S/C14H19NO2/c1-9-3-4-10-8-12(13(15)5-6-17-2)14(16)11(10)7-9/h3-4,7,12-13H,5-6,8,15H2,1-2H3. The number of hydrogen-bond acceptors (Lipinski definition) is 3. The van der Waals surface area contributed by atoms with Gasteiger partial charge in [0.05, 0.1) is 0 Å². The van der Waals surface area contributed by atoms with E-state index in [1.54, 1.807) is 7.11 Å². The summed E-state index contributed by atoms with van der Waals surface area (Å²) in [4.78, 5) is 12.2. The summed E-state index contributed by atoms with van der Waals surface area (Å²) < 4.78 is 5.01. The first-order valence-electron chi connectivity index (χ1n) is 6.01. The Bertz CT molecular complexity index is 428. The fourth-order valence-corrected chi connectivity index (χ4v) is 2.43. The zero-order valence-corrected chi connectivity index (χ0v) is 10.4. The fraction of sp³-hybridized carbons (Fsp3) is 0.500. The Kier molecular flexibility index (Phi) is 3.60. The van der Waals surface area contributed by atoms with Gasteiger partial charge in [-0.2, -0.15) is 0 Å². The molecule has 3 nitrogen and oxygen atoms in total. The van der Waals surface area contributed by atoms with Crippen LogP contribution in [0.2, 0.25) is 0 Å². The van der Waals surface area contributed by atoms with E-state index < -0.39 is 0 Å². The molecule has 2 unspecified atom stereocenters. The third-order valence-corrected chi connectivity index (χ3v) is 3.48. The number of aryl methyl sites for hydroxylation is 1. The second-order valence-corrected chi connectivity index (χ2v) is 4.78. The average molecular weight is 233 g/mol. The van der Waals surface area contributed by atoms with Gasteiger partial charge in [-0.1, -0.05) is 17.7 Å². The van der Waals surface area contributed by atoms with Crippen molar-refractivity contribution in [3.63, 3.8) is 0 Å². The number of fused-ring (bicyclic) bond motifs is 1. The molecular weight excluding hydrogens is 214 g/mol. The number of hydrogen-bond donors (Lipinski definition) is 1. The summed E-state index contributed by atoms with van der Waals surface area (Å²) in [5.41, 5.74) is 9.20. The number of benzene rings is 1. The van der Waals surface area contributed by atoms with E-state index in [0.29, 0.717) is 6.61 Å². The molecule has 0 amide bonds. The maximum atomic E-state index is 12.2. The van der Waals surface area contributed by atoms with Crippen LogP contribution < -0.4 is 5.73 Å². The van der Waals surface area contributed by atoms with Gasteiger partial charge in [-0.25, -0.2) is 0 Å². The average Bonchev–Trinajstić information content (AvgIpc) is 2.64. The van der Waals surface area contributed by atoms with Crippen LogP contribution in [0.15, 0.2) is 18.2 Å². The number of carbonyl (C=O) groups excluding carboxylic acids is 1. The molecular formula is C14H19NO2. The highest BCUT2D eigenvalue weighted by Gasteiger charge is 2.34. The minimum Gasteiger partial charge on any atom is -0.385 e. The molecule has 1 aromatic rings. The Labute approximate surface area is 102 Å². The number of rotatable bonds is 4. The number of Topliss-reactive ketones (excluding diaryl/α,β-unsaturated/α-hetero) is 1. The molecule has 2 N–H and O–H groups in total. The van der Waals surface area contributed by atoms with Gasteiger partial charge in [0.2, 0.25) is 0 Å². The van der Waals surface area contributed by atoms with Crippen molar-refractivity contribution in [1.29, 1.82) is 0 Å². The highest BCUT2D eigenvalue weighted by molar-refractivity contribution is 6.02. The van der Waals surface area contributed by atoms with Crippen LogP contribution in [0.25, 0.3) is 0 Å². The number of ketones is 1. The Balaban J connectivity index is 2.14. The van der Waals surface area contributed by atoms with Gasteiger partial charge in [-0.15, -0.1) is 0 Å². The topological polar surface area (TPSA) is 52.3 Å². The van der Waals surface area contributed by atoms with E-state index in [1.165, 1.54) is 0 Å². The van der Waals surface area contributed by atoms with Crippen LogP contribution in [0, 0.1) is 12.8 Å². The molecule has 2 atom stereocenters. The zero-order chi connectivity index (χ0) is 12.4. The van der Waals surface area contributed by atoms with E-state index in [0.717, 1.165) is 29.5 Å². The van der Waals surface area contributed by atoms with Gasteiger partial charge in [0.1, 0.15) is 0 Å². The molecule has 2 rings (SSSR count). The van der Waals surface area contributed by atoms with Crippen molar-refractivity contribution in [2.75, 3.05) is 13.7 Å². The van der Waals surface area contributed by atoms with Gasteiger partial charge >= 0.3 is 0 Å². The van der Waals surface area contributed by atoms with Gasteiger partial charge in [-0.05, 0) is 31.4 Å². The van der Waals surface area contributed by atoms with E-state index in [-0.39, 0.29) is 17.7 Å². The minimum atomic E-state index is -0.102. The van der Waals surface area contributed by atoms with Gasteiger partial charge < -0.3 is 10.5 Å². The predicted molar refractivity (Wildman–Crippen MR) is 67.2 cm³/mol. The Morgan fingerprint density at radius 2 is 2.29 bits per heavy atom. The predicted octanol–water partition coefficient (Wildman–Crippen LogP) is 1.71. The second-order valence-electron chi connectivity index (χ2n) is 4.78. The molecule has 92 valence electrons. The molecule has 1 aromatic carbocycles. The second kappa shape index (κ2) is 4.98. The summed E-state index contributed by atoms with van der Waals surface area (Å²) in [6.07, 6.45) is 1.51. The summed E-state index contributed by atoms with van der Waals surface area (Å²) in [7, 11) is 1.65. The van der Waals surface area contributed by atoms with Gasteiger partial charge in [0.25, 0.3) is 0 Å². The molecule has 1 aliphatic rings. The molecule has 17 heavy (non-hydrogen) atoms. The third-order valence-electron chi connectivity index (χ3n) is 3.48. The lowest BCUT2D eigenvalue weighted by Gasteiger charge is -2.16. The van der Waals surface area contributed by atoms with Crippen LogP contribution in [-0.4, -0.2) is 25.5 Å². The molecule has 0 saturated heterocycles. The normalized spacial score (nSPS) is 20.4. The molecule has 1 aliphatic carbocycles. The summed E-state index contributed by atoms with van der Waals surface area (Å²) in [6.45, 7) is 2.62. The van der Waals surface area contributed by atoms with Crippen LogP contribution in [0.4, 0.5) is 0 Å². The first kappa shape index (κ1) is 12.3. The van der Waals surface area contributed by atoms with Crippen LogP contribution in [0.1, 0.15) is 27.9 Å². The molecule has 0 aromatic heterocycles. The van der Waals surface area contributed by atoms with E-state index in [1.807, 2.05) is 19.1 Å². The van der Waals surface area contributed by atoms with Crippen molar-refractivity contribution in [1.82, 2.24) is 0 Å². The van der Waals surface area contributed by atoms with Gasteiger partial charge in [-0.3, -0.25) is 4.79 Å². The maximum absolute atomic E-state index is 12.2. The molecule has 0 heterocycles. The molecule has 0 saturated carbocycles. The Morgan fingerprint density at radius 1 is 1.53 bits per heavy atom. The number of ether oxygens (including phenoxy) is 1. The third kappa shape index (κ3) is 2.40. The number of nitrogens with two attached hydrogens (primary N) is 1. The van der Waals surface area contributed by atoms with E-state index in [4.69, 9.17) is 10.5 Å². The van der Waals surface area contributed by atoms with Crippen LogP contribution in [-0.2, 0) is 11.2 Å². The summed E-state index contributed by atoms with van der Waals surface area (Å²) >= 11 is 0. The quantitative estimate of drug-likeness (QED) is 0.861. The fourth-order valence-electron chi connectivity index (χ4n) is 2.43. The Morgan fingerprint density at radius 3 is 3.00 bits per heavy atom. The molecule has 0 bridgehead atoms. The minimum absolute atomic E-state index is 0.0676. The van der Waals surface area contributed by atoms with E-state index >= 15 is 0 Å². The number of carbonyl (C=O) groups is 1. The Hall–Kier alpha value is -1.19. The van der Waals surface area contributed by atoms with Crippen molar-refractivity contribution < 1.29 is 9.53 Å². The van der Waals surface area contributed by atoms with Crippen molar-refractivity contribution in [3.05, 3.63) is 34.9 Å². The van der Waals surface area contributed by atoms with Gasteiger partial charge in [0, 0.05) is 31.2 Å². The molecule has 0 spiro atoms. The van der Waals surface area contributed by atoms with E-state index in [9.17, 15) is 4.79 Å². The van der Waals surface area contributed by atoms with E-state index in [2.05, 4.69) is 6.07 Å². The first-order valence-corrected chi connectivity index (χ1v) is 6.01. The van der Waals surface area contributed by atoms with Crippen LogP contribution in [0.3, 0.4) is 0 Å². The van der Waals surface area contributed by atoms with Gasteiger partial charge in [0.15, 0.2) is 5.78 Å². The highest BCUT2D eigenvalue weighted by Crippen LogP contribution is 2.29. The smallest absolute Gasteiger partial charge is 0.168 e. The SMILES string of the molecule is COCCC(N)C1Cc2ccc(C)cc2C1=O.